The van der Waals surface area contributed by atoms with Gasteiger partial charge in [-0.15, -0.1) is 0 Å². The Morgan fingerprint density at radius 2 is 0.964 bits per heavy atom. The number of allylic oxidation sites excluding steroid dienone is 4. The molecule has 0 aromatic carbocycles. The number of hydrogen-bond donors (Lipinski definition) is 0. The summed E-state index contributed by atoms with van der Waals surface area (Å²) < 4.78 is 4.54. The third kappa shape index (κ3) is 12.2. The maximum absolute atomic E-state index is 2.29. The monoisotopic (exact) mass is 508 g/mol. The molecule has 0 atom stereocenters. The molecule has 0 aliphatic carbocycles. The van der Waals surface area contributed by atoms with E-state index in [9.17, 15) is 0 Å². The van der Waals surface area contributed by atoms with Crippen LogP contribution in [0, 0.1) is 13.8 Å². The van der Waals surface area contributed by atoms with Crippen LogP contribution in [0.4, 0.5) is 0 Å². The van der Waals surface area contributed by atoms with Crippen LogP contribution in [-0.2, 0) is 13.1 Å². The number of hydrogen-bond acceptors (Lipinski definition) is 0. The van der Waals surface area contributed by atoms with Crippen molar-refractivity contribution >= 4 is 0 Å². The van der Waals surface area contributed by atoms with Gasteiger partial charge in [0.1, 0.15) is 13.1 Å². The zero-order valence-corrected chi connectivity index (χ0v) is 20.4. The van der Waals surface area contributed by atoms with E-state index in [-0.39, 0.29) is 34.0 Å². The zero-order chi connectivity index (χ0) is 18.5. The second kappa shape index (κ2) is 16.7. The lowest BCUT2D eigenvalue weighted by molar-refractivity contribution is -0.697. The van der Waals surface area contributed by atoms with Gasteiger partial charge < -0.3 is 34.0 Å². The number of pyridine rings is 2. The number of aromatic nitrogens is 2. The van der Waals surface area contributed by atoms with E-state index >= 15 is 0 Å². The summed E-state index contributed by atoms with van der Waals surface area (Å²) in [6.45, 7) is 6.49. The lowest BCUT2D eigenvalue weighted by Gasteiger charge is -1.97. The topological polar surface area (TPSA) is 7.76 Å². The predicted octanol–water partition coefficient (Wildman–Crippen LogP) is -0.960. The molecule has 0 saturated heterocycles. The Balaban J connectivity index is 0.00000364. The summed E-state index contributed by atoms with van der Waals surface area (Å²) in [5.74, 6) is 0. The Morgan fingerprint density at radius 1 is 0.607 bits per heavy atom. The summed E-state index contributed by atoms with van der Waals surface area (Å²) in [5.41, 5.74) is 2.65. The average Bonchev–Trinajstić information content (AvgIpc) is 2.65. The smallest absolute Gasteiger partial charge is 0.169 e. The van der Waals surface area contributed by atoms with E-state index in [2.05, 4.69) is 96.3 Å². The maximum Gasteiger partial charge on any atom is 0.169 e. The highest BCUT2D eigenvalue weighted by atomic mass is 79.9. The lowest BCUT2D eigenvalue weighted by atomic mass is 10.2. The highest BCUT2D eigenvalue weighted by molar-refractivity contribution is 5.04. The lowest BCUT2D eigenvalue weighted by Crippen LogP contribution is -3.00. The largest absolute Gasteiger partial charge is 1.00 e. The summed E-state index contributed by atoms with van der Waals surface area (Å²) in [6.07, 6.45) is 25.0. The summed E-state index contributed by atoms with van der Waals surface area (Å²) in [5, 5.41) is 0. The van der Waals surface area contributed by atoms with Gasteiger partial charge in [-0.1, -0.05) is 24.3 Å². The molecular weight excluding hydrogens is 476 g/mol. The van der Waals surface area contributed by atoms with Crippen molar-refractivity contribution < 1.29 is 43.1 Å². The van der Waals surface area contributed by atoms with Crippen LogP contribution in [0.2, 0.25) is 0 Å². The van der Waals surface area contributed by atoms with Gasteiger partial charge in [0.15, 0.2) is 24.8 Å². The Hall–Kier alpha value is -1.26. The number of unbranched alkanes of at least 4 members (excludes halogenated alkanes) is 4. The molecule has 0 N–H and O–H groups in total. The summed E-state index contributed by atoms with van der Waals surface area (Å²) in [6, 6.07) is 8.68. The van der Waals surface area contributed by atoms with E-state index in [0.717, 1.165) is 13.1 Å². The molecule has 4 heteroatoms. The number of rotatable bonds is 11. The third-order valence-corrected chi connectivity index (χ3v) is 4.57. The predicted molar refractivity (Wildman–Crippen MR) is 109 cm³/mol. The molecule has 0 unspecified atom stereocenters. The first-order valence-electron chi connectivity index (χ1n) is 9.97. The van der Waals surface area contributed by atoms with Gasteiger partial charge in [0, 0.05) is 37.1 Å². The van der Waals surface area contributed by atoms with E-state index in [1.54, 1.807) is 0 Å². The molecule has 2 aromatic rings. The minimum atomic E-state index is 0. The van der Waals surface area contributed by atoms with Gasteiger partial charge >= 0.3 is 0 Å². The van der Waals surface area contributed by atoms with E-state index in [1.165, 1.54) is 49.7 Å². The van der Waals surface area contributed by atoms with Gasteiger partial charge in [-0.2, -0.15) is 0 Å². The molecule has 2 nitrogen and oxygen atoms in total. The Bertz CT molecular complexity index is 615. The Kier molecular flexibility index (Phi) is 15.9. The van der Waals surface area contributed by atoms with Crippen molar-refractivity contribution in [2.75, 3.05) is 0 Å². The van der Waals surface area contributed by atoms with Crippen molar-refractivity contribution in [2.24, 2.45) is 0 Å². The van der Waals surface area contributed by atoms with Crippen molar-refractivity contribution in [1.82, 2.24) is 0 Å². The first-order valence-corrected chi connectivity index (χ1v) is 9.97. The molecule has 0 radical (unpaired) electrons. The molecule has 0 bridgehead atoms. The van der Waals surface area contributed by atoms with E-state index < -0.39 is 0 Å². The second-order valence-corrected chi connectivity index (χ2v) is 7.07. The van der Waals surface area contributed by atoms with Crippen LogP contribution in [0.1, 0.15) is 49.7 Å². The fraction of sp³-hybridized carbons (Fsp3) is 0.417. The first-order chi connectivity index (χ1) is 12.7. The van der Waals surface area contributed by atoms with Gasteiger partial charge in [0.25, 0.3) is 0 Å². The first kappa shape index (κ1) is 26.7. The highest BCUT2D eigenvalue weighted by Gasteiger charge is 1.98. The minimum Gasteiger partial charge on any atom is -1.00 e. The summed E-state index contributed by atoms with van der Waals surface area (Å²) in [4.78, 5) is 0. The van der Waals surface area contributed by atoms with Gasteiger partial charge in [-0.25, -0.2) is 9.13 Å². The van der Waals surface area contributed by atoms with E-state index in [4.69, 9.17) is 0 Å². The van der Waals surface area contributed by atoms with Crippen LogP contribution in [0.3, 0.4) is 0 Å². The van der Waals surface area contributed by atoms with Gasteiger partial charge in [0.05, 0.1) is 0 Å². The number of halogens is 2. The highest BCUT2D eigenvalue weighted by Crippen LogP contribution is 2.00. The quantitative estimate of drug-likeness (QED) is 0.209. The number of nitrogens with zero attached hydrogens (tertiary/aromatic N) is 2. The molecule has 0 amide bonds. The van der Waals surface area contributed by atoms with Crippen LogP contribution >= 0.6 is 0 Å². The van der Waals surface area contributed by atoms with Crippen LogP contribution in [0.25, 0.3) is 0 Å². The summed E-state index contributed by atoms with van der Waals surface area (Å²) in [7, 11) is 0. The molecule has 2 rings (SSSR count). The van der Waals surface area contributed by atoms with Crippen molar-refractivity contribution in [1.29, 1.82) is 0 Å². The molecule has 0 spiro atoms. The molecule has 154 valence electrons. The average molecular weight is 510 g/mol. The molecule has 0 aliphatic heterocycles. The molecule has 0 fully saturated rings. The second-order valence-electron chi connectivity index (χ2n) is 7.07. The standard InChI is InChI=1S/C24H34N2.2BrH/c1-23-13-19-25(20-14-23)17-11-9-7-5-3-4-6-8-10-12-18-26-21-15-24(2)16-22-26;;/h3-6,13-16,19-22H,7-12,17-18H2,1-2H3;2*1H/q+2;;/p-2. The van der Waals surface area contributed by atoms with E-state index in [0.29, 0.717) is 0 Å². The molecular formula is C24H34Br2N2. The molecule has 28 heavy (non-hydrogen) atoms. The third-order valence-electron chi connectivity index (χ3n) is 4.57. The fourth-order valence-corrected chi connectivity index (χ4v) is 2.82. The SMILES string of the molecule is Cc1cc[n+](CCCCC=CC=CCCCC[n+]2ccc(C)cc2)cc1.[Br-].[Br-]. The Morgan fingerprint density at radius 3 is 1.32 bits per heavy atom. The maximum atomic E-state index is 2.29. The minimum absolute atomic E-state index is 0. The van der Waals surface area contributed by atoms with Crippen LogP contribution in [0.15, 0.2) is 73.4 Å². The molecule has 0 saturated carbocycles. The van der Waals surface area contributed by atoms with Gasteiger partial charge in [-0.3, -0.25) is 0 Å². The van der Waals surface area contributed by atoms with Crippen molar-refractivity contribution in [3.8, 4) is 0 Å². The molecule has 2 heterocycles. The number of aryl methyl sites for hydroxylation is 4. The van der Waals surface area contributed by atoms with Crippen molar-refractivity contribution in [3.63, 3.8) is 0 Å². The Labute approximate surface area is 192 Å². The van der Waals surface area contributed by atoms with Crippen LogP contribution < -0.4 is 43.1 Å². The zero-order valence-electron chi connectivity index (χ0n) is 17.2. The van der Waals surface area contributed by atoms with Crippen molar-refractivity contribution in [3.05, 3.63) is 84.5 Å². The van der Waals surface area contributed by atoms with Crippen LogP contribution in [-0.4, -0.2) is 0 Å². The van der Waals surface area contributed by atoms with Gasteiger partial charge in [-0.05, 0) is 50.7 Å². The van der Waals surface area contributed by atoms with Crippen molar-refractivity contribution in [2.45, 2.75) is 65.5 Å². The fourth-order valence-electron chi connectivity index (χ4n) is 2.82. The van der Waals surface area contributed by atoms with E-state index in [1.807, 2.05) is 0 Å². The normalized spacial score (nSPS) is 10.8. The summed E-state index contributed by atoms with van der Waals surface area (Å²) >= 11 is 0. The molecule has 0 aliphatic rings. The van der Waals surface area contributed by atoms with Gasteiger partial charge in [0.2, 0.25) is 0 Å². The van der Waals surface area contributed by atoms with Crippen LogP contribution in [0.5, 0.6) is 0 Å². The molecule has 2 aromatic heterocycles.